The fourth-order valence-electron chi connectivity index (χ4n) is 1.63. The number of aryl methyl sites for hydroxylation is 1. The summed E-state index contributed by atoms with van der Waals surface area (Å²) in [4.78, 5) is 12.5. The SMILES string of the molecule is COC(=O)c1ccccc1SNc1ccccc1C. The average molecular weight is 273 g/mol. The molecule has 0 radical (unpaired) electrons. The molecule has 0 aliphatic carbocycles. The molecule has 0 saturated heterocycles. The van der Waals surface area contributed by atoms with Crippen molar-refractivity contribution in [2.75, 3.05) is 11.8 Å². The molecule has 0 unspecified atom stereocenters. The second-order valence-electron chi connectivity index (χ2n) is 4.01. The summed E-state index contributed by atoms with van der Waals surface area (Å²) in [5.41, 5.74) is 2.76. The maximum atomic E-state index is 11.6. The molecule has 2 aromatic carbocycles. The van der Waals surface area contributed by atoms with Crippen molar-refractivity contribution >= 4 is 23.6 Å². The number of rotatable bonds is 4. The number of carbonyl (C=O) groups is 1. The monoisotopic (exact) mass is 273 g/mol. The largest absolute Gasteiger partial charge is 0.465 e. The highest BCUT2D eigenvalue weighted by atomic mass is 32.2. The minimum Gasteiger partial charge on any atom is -0.465 e. The lowest BCUT2D eigenvalue weighted by atomic mass is 10.2. The Bertz CT molecular complexity index is 584. The first-order chi connectivity index (χ1) is 9.22. The molecule has 0 amide bonds. The molecule has 0 saturated carbocycles. The average Bonchev–Trinajstić information content (AvgIpc) is 2.46. The van der Waals surface area contributed by atoms with Crippen LogP contribution in [0.2, 0.25) is 0 Å². The molecule has 0 fully saturated rings. The van der Waals surface area contributed by atoms with Crippen LogP contribution in [0.1, 0.15) is 15.9 Å². The highest BCUT2D eigenvalue weighted by molar-refractivity contribution is 8.00. The quantitative estimate of drug-likeness (QED) is 0.677. The van der Waals surface area contributed by atoms with Gasteiger partial charge in [0.2, 0.25) is 0 Å². The third kappa shape index (κ3) is 3.29. The Labute approximate surface area is 117 Å². The number of hydrogen-bond acceptors (Lipinski definition) is 4. The van der Waals surface area contributed by atoms with Crippen molar-refractivity contribution in [3.63, 3.8) is 0 Å². The standard InChI is InChI=1S/C15H15NO2S/c1-11-7-3-5-9-13(11)16-19-14-10-6-4-8-12(14)15(17)18-2/h3-10,16H,1-2H3. The fraction of sp³-hybridized carbons (Fsp3) is 0.133. The molecule has 3 nitrogen and oxygen atoms in total. The summed E-state index contributed by atoms with van der Waals surface area (Å²) in [6, 6.07) is 15.4. The lowest BCUT2D eigenvalue weighted by molar-refractivity contribution is 0.0597. The number of hydrogen-bond donors (Lipinski definition) is 1. The van der Waals surface area contributed by atoms with Gasteiger partial charge in [0.15, 0.2) is 0 Å². The van der Waals surface area contributed by atoms with Gasteiger partial charge in [0.1, 0.15) is 0 Å². The van der Waals surface area contributed by atoms with Gasteiger partial charge in [-0.05, 0) is 42.6 Å². The van der Waals surface area contributed by atoms with Crippen LogP contribution in [0.25, 0.3) is 0 Å². The van der Waals surface area contributed by atoms with Crippen molar-refractivity contribution < 1.29 is 9.53 Å². The second-order valence-corrected chi connectivity index (χ2v) is 4.85. The predicted molar refractivity (Wildman–Crippen MR) is 78.4 cm³/mol. The van der Waals surface area contributed by atoms with Crippen LogP contribution in [0.4, 0.5) is 5.69 Å². The fourth-order valence-corrected chi connectivity index (χ4v) is 2.49. The molecule has 0 bridgehead atoms. The van der Waals surface area contributed by atoms with E-state index in [-0.39, 0.29) is 5.97 Å². The van der Waals surface area contributed by atoms with Crippen LogP contribution in [0.3, 0.4) is 0 Å². The van der Waals surface area contributed by atoms with Crippen LogP contribution in [0.5, 0.6) is 0 Å². The Hall–Kier alpha value is -1.94. The number of methoxy groups -OCH3 is 1. The number of nitrogens with one attached hydrogen (secondary N) is 1. The molecule has 2 aromatic rings. The molecule has 0 atom stereocenters. The molecule has 0 aliphatic rings. The van der Waals surface area contributed by atoms with E-state index in [1.54, 1.807) is 6.07 Å². The van der Waals surface area contributed by atoms with Crippen LogP contribution in [0.15, 0.2) is 53.4 Å². The van der Waals surface area contributed by atoms with Gasteiger partial charge in [-0.15, -0.1) is 0 Å². The maximum absolute atomic E-state index is 11.6. The number of para-hydroxylation sites is 1. The lowest BCUT2D eigenvalue weighted by Crippen LogP contribution is -2.03. The molecule has 4 heteroatoms. The zero-order chi connectivity index (χ0) is 13.7. The molecule has 2 rings (SSSR count). The number of anilines is 1. The summed E-state index contributed by atoms with van der Waals surface area (Å²) < 4.78 is 8.03. The third-order valence-electron chi connectivity index (χ3n) is 2.71. The van der Waals surface area contributed by atoms with Gasteiger partial charge in [0, 0.05) is 10.6 Å². The summed E-state index contributed by atoms with van der Waals surface area (Å²) in [5.74, 6) is -0.324. The Morgan fingerprint density at radius 3 is 2.53 bits per heavy atom. The molecule has 0 aromatic heterocycles. The van der Waals surface area contributed by atoms with Crippen molar-refractivity contribution in [1.29, 1.82) is 0 Å². The van der Waals surface area contributed by atoms with Crippen LogP contribution in [0, 0.1) is 6.92 Å². The van der Waals surface area contributed by atoms with Gasteiger partial charge in [-0.25, -0.2) is 4.79 Å². The van der Waals surface area contributed by atoms with Crippen molar-refractivity contribution in [2.24, 2.45) is 0 Å². The van der Waals surface area contributed by atoms with Gasteiger partial charge in [-0.2, -0.15) is 0 Å². The summed E-state index contributed by atoms with van der Waals surface area (Å²) in [6.07, 6.45) is 0. The lowest BCUT2D eigenvalue weighted by Gasteiger charge is -2.10. The number of carbonyl (C=O) groups excluding carboxylic acids is 1. The van der Waals surface area contributed by atoms with Gasteiger partial charge in [-0.3, -0.25) is 0 Å². The maximum Gasteiger partial charge on any atom is 0.339 e. The van der Waals surface area contributed by atoms with E-state index in [1.807, 2.05) is 49.4 Å². The highest BCUT2D eigenvalue weighted by Gasteiger charge is 2.11. The molecule has 0 aliphatic heterocycles. The minimum absolute atomic E-state index is 0.324. The van der Waals surface area contributed by atoms with E-state index in [9.17, 15) is 4.79 Å². The topological polar surface area (TPSA) is 38.3 Å². The minimum atomic E-state index is -0.324. The first-order valence-electron chi connectivity index (χ1n) is 5.88. The van der Waals surface area contributed by atoms with Crippen molar-refractivity contribution in [3.8, 4) is 0 Å². The van der Waals surface area contributed by atoms with Crippen molar-refractivity contribution in [3.05, 3.63) is 59.7 Å². The van der Waals surface area contributed by atoms with E-state index in [4.69, 9.17) is 4.74 Å². The van der Waals surface area contributed by atoms with E-state index < -0.39 is 0 Å². The van der Waals surface area contributed by atoms with Crippen LogP contribution in [-0.4, -0.2) is 13.1 Å². The van der Waals surface area contributed by atoms with E-state index in [0.717, 1.165) is 16.1 Å². The van der Waals surface area contributed by atoms with Crippen molar-refractivity contribution in [2.45, 2.75) is 11.8 Å². The zero-order valence-corrected chi connectivity index (χ0v) is 11.7. The van der Waals surface area contributed by atoms with E-state index >= 15 is 0 Å². The van der Waals surface area contributed by atoms with E-state index in [0.29, 0.717) is 5.56 Å². The molecular weight excluding hydrogens is 258 g/mol. The Kier molecular flexibility index (Phi) is 4.47. The van der Waals surface area contributed by atoms with Gasteiger partial charge in [0.05, 0.1) is 12.7 Å². The van der Waals surface area contributed by atoms with Gasteiger partial charge < -0.3 is 9.46 Å². The van der Waals surface area contributed by atoms with E-state index in [1.165, 1.54) is 19.1 Å². The Balaban J connectivity index is 2.16. The van der Waals surface area contributed by atoms with Crippen LogP contribution >= 0.6 is 11.9 Å². The molecular formula is C15H15NO2S. The molecule has 19 heavy (non-hydrogen) atoms. The molecule has 0 spiro atoms. The van der Waals surface area contributed by atoms with Gasteiger partial charge in [0.25, 0.3) is 0 Å². The van der Waals surface area contributed by atoms with Crippen molar-refractivity contribution in [1.82, 2.24) is 0 Å². The smallest absolute Gasteiger partial charge is 0.339 e. The highest BCUT2D eigenvalue weighted by Crippen LogP contribution is 2.26. The van der Waals surface area contributed by atoms with Gasteiger partial charge in [-0.1, -0.05) is 30.3 Å². The summed E-state index contributed by atoms with van der Waals surface area (Å²) in [5, 5.41) is 0. The van der Waals surface area contributed by atoms with Crippen LogP contribution < -0.4 is 4.72 Å². The summed E-state index contributed by atoms with van der Waals surface area (Å²) >= 11 is 1.41. The first-order valence-corrected chi connectivity index (χ1v) is 6.70. The third-order valence-corrected chi connectivity index (χ3v) is 3.61. The van der Waals surface area contributed by atoms with Gasteiger partial charge >= 0.3 is 5.97 Å². The summed E-state index contributed by atoms with van der Waals surface area (Å²) in [7, 11) is 1.39. The predicted octanol–water partition coefficient (Wildman–Crippen LogP) is 3.90. The molecule has 0 heterocycles. The van der Waals surface area contributed by atoms with Crippen LogP contribution in [-0.2, 0) is 4.74 Å². The molecule has 1 N–H and O–H groups in total. The Morgan fingerprint density at radius 2 is 1.79 bits per heavy atom. The molecule has 98 valence electrons. The number of esters is 1. The first kappa shape index (κ1) is 13.5. The second kappa shape index (κ2) is 6.29. The summed E-state index contributed by atoms with van der Waals surface area (Å²) in [6.45, 7) is 2.04. The zero-order valence-electron chi connectivity index (χ0n) is 10.8. The normalized spacial score (nSPS) is 10.0. The number of ether oxygens (including phenoxy) is 1. The number of benzene rings is 2. The Morgan fingerprint density at radius 1 is 1.11 bits per heavy atom. The van der Waals surface area contributed by atoms with E-state index in [2.05, 4.69) is 4.72 Å².